The molecular weight excluding hydrogens is 298 g/mol. The summed E-state index contributed by atoms with van der Waals surface area (Å²) in [5.41, 5.74) is 0. The van der Waals surface area contributed by atoms with Crippen LogP contribution in [0.1, 0.15) is 39.5 Å². The molecule has 0 aliphatic carbocycles. The van der Waals surface area contributed by atoms with Crippen molar-refractivity contribution in [3.8, 4) is 0 Å². The molecular formula is C12H21N3O5S. The molecule has 0 aliphatic rings. The average molecular weight is 319 g/mol. The maximum absolute atomic E-state index is 11.8. The zero-order chi connectivity index (χ0) is 15.9. The second-order valence-electron chi connectivity index (χ2n) is 4.78. The van der Waals surface area contributed by atoms with Gasteiger partial charge in [0, 0.05) is 18.3 Å². The van der Waals surface area contributed by atoms with Crippen LogP contribution in [-0.2, 0) is 19.2 Å². The Bertz CT molecular complexity index is 529. The summed E-state index contributed by atoms with van der Waals surface area (Å²) in [5, 5.41) is 4.86. The molecule has 0 fully saturated rings. The van der Waals surface area contributed by atoms with Crippen molar-refractivity contribution in [1.82, 2.24) is 9.55 Å². The molecule has 1 heterocycles. The van der Waals surface area contributed by atoms with Crippen molar-refractivity contribution in [3.63, 3.8) is 0 Å². The Morgan fingerprint density at radius 2 is 2.14 bits per heavy atom. The molecule has 2 unspecified atom stereocenters. The number of hydrogen-bond acceptors (Lipinski definition) is 6. The third-order valence-electron chi connectivity index (χ3n) is 2.89. The number of carbonyl (C=O) groups is 1. The Morgan fingerprint density at radius 1 is 1.43 bits per heavy atom. The topological polar surface area (TPSA) is 114 Å². The lowest BCUT2D eigenvalue weighted by Crippen LogP contribution is -2.34. The van der Waals surface area contributed by atoms with Gasteiger partial charge in [-0.05, 0) is 6.42 Å². The molecule has 21 heavy (non-hydrogen) atoms. The van der Waals surface area contributed by atoms with Crippen LogP contribution in [-0.4, -0.2) is 30.4 Å². The molecule has 1 rings (SSSR count). The average Bonchev–Trinajstić information content (AvgIpc) is 2.90. The molecule has 2 atom stereocenters. The molecule has 0 spiro atoms. The van der Waals surface area contributed by atoms with E-state index in [-0.39, 0.29) is 5.92 Å². The molecule has 0 aromatic carbocycles. The predicted octanol–water partition coefficient (Wildman–Crippen LogP) is 1.63. The number of aromatic nitrogens is 2. The summed E-state index contributed by atoms with van der Waals surface area (Å²) in [6.07, 6.45) is 5.58. The minimum Gasteiger partial charge on any atom is -0.417 e. The summed E-state index contributed by atoms with van der Waals surface area (Å²) >= 11 is 0. The third-order valence-corrected chi connectivity index (χ3v) is 3.35. The molecule has 0 bridgehead atoms. The number of rotatable bonds is 8. The van der Waals surface area contributed by atoms with E-state index in [1.165, 1.54) is 18.7 Å². The van der Waals surface area contributed by atoms with Gasteiger partial charge in [-0.2, -0.15) is 8.42 Å². The van der Waals surface area contributed by atoms with Gasteiger partial charge in [0.05, 0.1) is 0 Å². The van der Waals surface area contributed by atoms with Crippen LogP contribution in [0.2, 0.25) is 0 Å². The number of hydrogen-bond donors (Lipinski definition) is 1. The van der Waals surface area contributed by atoms with Gasteiger partial charge in [0.15, 0.2) is 0 Å². The maximum Gasteiger partial charge on any atom is 0.421 e. The Hall–Kier alpha value is -1.45. The molecule has 0 radical (unpaired) electrons. The molecule has 0 amide bonds. The van der Waals surface area contributed by atoms with Gasteiger partial charge in [-0.15, -0.1) is 0 Å². The van der Waals surface area contributed by atoms with E-state index in [1.54, 1.807) is 6.92 Å². The second-order valence-corrected chi connectivity index (χ2v) is 5.96. The highest BCUT2D eigenvalue weighted by atomic mass is 32.2. The lowest BCUT2D eigenvalue weighted by Gasteiger charge is -2.22. The van der Waals surface area contributed by atoms with Gasteiger partial charge in [0.2, 0.25) is 6.29 Å². The predicted molar refractivity (Wildman–Crippen MR) is 75.4 cm³/mol. The number of nitrogens with two attached hydrogens (primary N) is 1. The Kier molecular flexibility index (Phi) is 6.79. The van der Waals surface area contributed by atoms with Crippen LogP contribution in [0.25, 0.3) is 0 Å². The van der Waals surface area contributed by atoms with Crippen molar-refractivity contribution >= 4 is 16.4 Å². The van der Waals surface area contributed by atoms with E-state index < -0.39 is 22.7 Å². The first-order valence-electron chi connectivity index (χ1n) is 6.73. The summed E-state index contributed by atoms with van der Waals surface area (Å²) < 4.78 is 33.0. The SMILES string of the molecule is CCCCCC(C)C(OC(=O)n1ccnc1)OS(N)(=O)=O. The molecule has 9 heteroatoms. The molecule has 0 aliphatic heterocycles. The van der Waals surface area contributed by atoms with Crippen LogP contribution >= 0.6 is 0 Å². The molecule has 8 nitrogen and oxygen atoms in total. The zero-order valence-electron chi connectivity index (χ0n) is 12.1. The second kappa shape index (κ2) is 8.11. The fourth-order valence-corrected chi connectivity index (χ4v) is 2.24. The van der Waals surface area contributed by atoms with Crippen LogP contribution in [0.15, 0.2) is 18.7 Å². The van der Waals surface area contributed by atoms with Gasteiger partial charge in [-0.1, -0.05) is 33.1 Å². The van der Waals surface area contributed by atoms with Crippen molar-refractivity contribution in [2.45, 2.75) is 45.8 Å². The number of nitrogens with zero attached hydrogens (tertiary/aromatic N) is 2. The lowest BCUT2D eigenvalue weighted by atomic mass is 10.0. The maximum atomic E-state index is 11.8. The van der Waals surface area contributed by atoms with Gasteiger partial charge in [-0.25, -0.2) is 23.7 Å². The van der Waals surface area contributed by atoms with Gasteiger partial charge in [0.25, 0.3) is 0 Å². The number of unbranched alkanes of at least 4 members (excludes halogenated alkanes) is 2. The number of ether oxygens (including phenoxy) is 1. The first-order valence-corrected chi connectivity index (χ1v) is 8.20. The van der Waals surface area contributed by atoms with E-state index in [9.17, 15) is 13.2 Å². The highest BCUT2D eigenvalue weighted by molar-refractivity contribution is 7.84. The lowest BCUT2D eigenvalue weighted by molar-refractivity contribution is -0.0645. The molecule has 0 saturated heterocycles. The summed E-state index contributed by atoms with van der Waals surface area (Å²) in [4.78, 5) is 15.5. The van der Waals surface area contributed by atoms with Crippen LogP contribution in [0.5, 0.6) is 0 Å². The largest absolute Gasteiger partial charge is 0.421 e. The van der Waals surface area contributed by atoms with Crippen LogP contribution < -0.4 is 5.14 Å². The minimum atomic E-state index is -4.22. The van der Waals surface area contributed by atoms with Crippen molar-refractivity contribution in [3.05, 3.63) is 18.7 Å². The van der Waals surface area contributed by atoms with Crippen LogP contribution in [0.3, 0.4) is 0 Å². The third kappa shape index (κ3) is 6.69. The number of imidazole rings is 1. The van der Waals surface area contributed by atoms with Crippen LogP contribution in [0.4, 0.5) is 4.79 Å². The normalized spacial score (nSPS) is 14.6. The van der Waals surface area contributed by atoms with E-state index in [0.29, 0.717) is 6.42 Å². The quantitative estimate of drug-likeness (QED) is 0.575. The Balaban J connectivity index is 2.69. The number of carbonyl (C=O) groups excluding carboxylic acids is 1. The van der Waals surface area contributed by atoms with Crippen molar-refractivity contribution in [2.24, 2.45) is 11.1 Å². The van der Waals surface area contributed by atoms with Crippen molar-refractivity contribution in [2.75, 3.05) is 0 Å². The summed E-state index contributed by atoms with van der Waals surface area (Å²) in [5.74, 6) is -0.303. The van der Waals surface area contributed by atoms with Gasteiger partial charge >= 0.3 is 16.4 Å². The van der Waals surface area contributed by atoms with E-state index in [1.807, 2.05) is 0 Å². The van der Waals surface area contributed by atoms with Gasteiger partial charge in [0.1, 0.15) is 6.33 Å². The summed E-state index contributed by atoms with van der Waals surface area (Å²) in [7, 11) is -4.22. The standard InChI is InChI=1S/C12H21N3O5S/c1-3-4-5-6-10(2)11(20-21(13,17)18)19-12(16)15-8-7-14-9-15/h7-11H,3-6H2,1-2H3,(H2,13,17,18). The Morgan fingerprint density at radius 3 is 2.67 bits per heavy atom. The molecule has 120 valence electrons. The monoisotopic (exact) mass is 319 g/mol. The summed E-state index contributed by atoms with van der Waals surface area (Å²) in [6, 6.07) is 0. The van der Waals surface area contributed by atoms with E-state index in [0.717, 1.165) is 23.8 Å². The molecule has 2 N–H and O–H groups in total. The highest BCUT2D eigenvalue weighted by Gasteiger charge is 2.27. The fraction of sp³-hybridized carbons (Fsp3) is 0.667. The first-order chi connectivity index (χ1) is 9.83. The van der Waals surface area contributed by atoms with E-state index in [2.05, 4.69) is 16.1 Å². The van der Waals surface area contributed by atoms with E-state index in [4.69, 9.17) is 9.88 Å². The van der Waals surface area contributed by atoms with E-state index >= 15 is 0 Å². The fourth-order valence-electron chi connectivity index (χ4n) is 1.74. The van der Waals surface area contributed by atoms with Crippen LogP contribution in [0, 0.1) is 5.92 Å². The molecule has 1 aromatic rings. The zero-order valence-corrected chi connectivity index (χ0v) is 13.0. The minimum absolute atomic E-state index is 0.303. The molecule has 1 aromatic heterocycles. The smallest absolute Gasteiger partial charge is 0.417 e. The van der Waals surface area contributed by atoms with Crippen molar-refractivity contribution < 1.29 is 22.1 Å². The Labute approximate surface area is 124 Å². The summed E-state index contributed by atoms with van der Waals surface area (Å²) in [6.45, 7) is 3.80. The first kappa shape index (κ1) is 17.6. The van der Waals surface area contributed by atoms with Gasteiger partial charge in [-0.3, -0.25) is 0 Å². The molecule has 0 saturated carbocycles. The van der Waals surface area contributed by atoms with Gasteiger partial charge < -0.3 is 4.74 Å². The van der Waals surface area contributed by atoms with Crippen molar-refractivity contribution in [1.29, 1.82) is 0 Å². The highest BCUT2D eigenvalue weighted by Crippen LogP contribution is 2.19.